The first kappa shape index (κ1) is 26.6. The zero-order valence-electron chi connectivity index (χ0n) is 22.0. The van der Waals surface area contributed by atoms with Crippen molar-refractivity contribution in [1.29, 1.82) is 0 Å². The van der Waals surface area contributed by atoms with E-state index in [2.05, 4.69) is 0 Å². The van der Waals surface area contributed by atoms with Gasteiger partial charge in [-0.2, -0.15) is 13.2 Å². The molecule has 204 valence electrons. The lowest BCUT2D eigenvalue weighted by molar-refractivity contribution is -0.138. The Morgan fingerprint density at radius 2 is 1.82 bits per heavy atom. The molecule has 0 unspecified atom stereocenters. The Kier molecular flexibility index (Phi) is 7.25. The summed E-state index contributed by atoms with van der Waals surface area (Å²) in [7, 11) is 1.55. The van der Waals surface area contributed by atoms with E-state index in [1.165, 1.54) is 6.07 Å². The summed E-state index contributed by atoms with van der Waals surface area (Å²) in [5.41, 5.74) is 0.896. The number of carbonyl (C=O) groups is 1. The summed E-state index contributed by atoms with van der Waals surface area (Å²) in [6.07, 6.45) is -3.83. The maximum atomic E-state index is 13.6. The summed E-state index contributed by atoms with van der Waals surface area (Å²) in [6, 6.07) is 18.1. The van der Waals surface area contributed by atoms with Gasteiger partial charge in [-0.15, -0.1) is 0 Å². The van der Waals surface area contributed by atoms with Crippen molar-refractivity contribution in [3.05, 3.63) is 83.4 Å². The standard InChI is InChI=1S/C30H30F3N3O3/c1-4-23(20-8-6-5-7-9-20)29(37)36-15-14-35(18-19(36)2)28-24-17-22(38-3)11-13-26(24)39-27-12-10-21(30(31,32)33)16-25(27)34-28/h5-13,16-17,19,23H,4,14-15,18H2,1-3H3/t19-,23-/m1/s1. The van der Waals surface area contributed by atoms with Crippen molar-refractivity contribution >= 4 is 17.4 Å². The van der Waals surface area contributed by atoms with Gasteiger partial charge in [0.25, 0.3) is 0 Å². The third-order valence-corrected chi connectivity index (χ3v) is 7.28. The van der Waals surface area contributed by atoms with Crippen molar-refractivity contribution in [2.45, 2.75) is 38.4 Å². The SMILES string of the molecule is CC[C@@H](C(=O)N1CCN(C2=Nc3cc(C(F)(F)F)ccc3Oc3ccc(OC)cc32)C[C@H]1C)c1ccccc1. The molecule has 1 saturated heterocycles. The van der Waals surface area contributed by atoms with E-state index in [0.29, 0.717) is 49.0 Å². The zero-order chi connectivity index (χ0) is 27.7. The number of amides is 1. The van der Waals surface area contributed by atoms with Crippen LogP contribution in [0.5, 0.6) is 17.2 Å². The molecular formula is C30H30F3N3O3. The minimum atomic E-state index is -4.51. The number of amidine groups is 1. The monoisotopic (exact) mass is 537 g/mol. The average Bonchev–Trinajstić information content (AvgIpc) is 3.09. The van der Waals surface area contributed by atoms with E-state index in [-0.39, 0.29) is 29.3 Å². The van der Waals surface area contributed by atoms with Gasteiger partial charge in [-0.25, -0.2) is 4.99 Å². The van der Waals surface area contributed by atoms with Crippen LogP contribution in [-0.2, 0) is 11.0 Å². The number of piperazine rings is 1. The van der Waals surface area contributed by atoms with Gasteiger partial charge in [0.1, 0.15) is 23.0 Å². The van der Waals surface area contributed by atoms with Gasteiger partial charge in [-0.3, -0.25) is 4.79 Å². The fourth-order valence-electron chi connectivity index (χ4n) is 5.22. The summed E-state index contributed by atoms with van der Waals surface area (Å²) in [6.45, 7) is 5.37. The van der Waals surface area contributed by atoms with Crippen molar-refractivity contribution in [2.75, 3.05) is 26.7 Å². The van der Waals surface area contributed by atoms with Crippen LogP contribution >= 0.6 is 0 Å². The second-order valence-electron chi connectivity index (χ2n) is 9.78. The summed E-state index contributed by atoms with van der Waals surface area (Å²) >= 11 is 0. The molecule has 2 heterocycles. The molecule has 0 aliphatic carbocycles. The molecule has 3 aromatic rings. The molecule has 1 amide bonds. The number of alkyl halides is 3. The van der Waals surface area contributed by atoms with Crippen molar-refractivity contribution in [3.63, 3.8) is 0 Å². The van der Waals surface area contributed by atoms with Gasteiger partial charge in [-0.05, 0) is 55.3 Å². The van der Waals surface area contributed by atoms with Gasteiger partial charge in [0.05, 0.1) is 24.2 Å². The highest BCUT2D eigenvalue weighted by Gasteiger charge is 2.36. The number of ether oxygens (including phenoxy) is 2. The third-order valence-electron chi connectivity index (χ3n) is 7.28. The molecule has 0 aromatic heterocycles. The first-order valence-electron chi connectivity index (χ1n) is 13.0. The molecule has 2 aliphatic heterocycles. The van der Waals surface area contributed by atoms with Crippen LogP contribution in [0, 0.1) is 0 Å². The lowest BCUT2D eigenvalue weighted by Gasteiger charge is -2.42. The van der Waals surface area contributed by atoms with Crippen molar-refractivity contribution < 1.29 is 27.4 Å². The first-order chi connectivity index (χ1) is 18.7. The fourth-order valence-corrected chi connectivity index (χ4v) is 5.22. The highest BCUT2D eigenvalue weighted by atomic mass is 19.4. The van der Waals surface area contributed by atoms with E-state index in [9.17, 15) is 18.0 Å². The number of hydrogen-bond donors (Lipinski definition) is 0. The van der Waals surface area contributed by atoms with Gasteiger partial charge < -0.3 is 19.3 Å². The largest absolute Gasteiger partial charge is 0.497 e. The van der Waals surface area contributed by atoms with E-state index >= 15 is 0 Å². The summed E-state index contributed by atoms with van der Waals surface area (Å²) in [4.78, 5) is 22.2. The number of benzene rings is 3. The lowest BCUT2D eigenvalue weighted by Crippen LogP contribution is -2.56. The van der Waals surface area contributed by atoms with Crippen LogP contribution in [0.15, 0.2) is 71.7 Å². The van der Waals surface area contributed by atoms with Crippen LogP contribution in [0.2, 0.25) is 0 Å². The van der Waals surface area contributed by atoms with Gasteiger partial charge >= 0.3 is 6.18 Å². The predicted octanol–water partition coefficient (Wildman–Crippen LogP) is 6.62. The van der Waals surface area contributed by atoms with Crippen molar-refractivity contribution in [1.82, 2.24) is 9.80 Å². The summed E-state index contributed by atoms with van der Waals surface area (Å²) in [5.74, 6) is 1.60. The second-order valence-corrected chi connectivity index (χ2v) is 9.78. The smallest absolute Gasteiger partial charge is 0.416 e. The highest BCUT2D eigenvalue weighted by Crippen LogP contribution is 2.42. The van der Waals surface area contributed by atoms with Gasteiger partial charge in [-0.1, -0.05) is 37.3 Å². The minimum Gasteiger partial charge on any atom is -0.497 e. The number of hydrogen-bond acceptors (Lipinski definition) is 5. The molecule has 0 spiro atoms. The fraction of sp³-hybridized carbons (Fsp3) is 0.333. The van der Waals surface area contributed by atoms with Gasteiger partial charge in [0.15, 0.2) is 5.75 Å². The zero-order valence-corrected chi connectivity index (χ0v) is 22.0. The number of carbonyl (C=O) groups excluding carboxylic acids is 1. The number of fused-ring (bicyclic) bond motifs is 2. The van der Waals surface area contributed by atoms with E-state index < -0.39 is 11.7 Å². The number of methoxy groups -OCH3 is 1. The Bertz CT molecular complexity index is 1390. The summed E-state index contributed by atoms with van der Waals surface area (Å²) < 4.78 is 52.0. The normalized spacial score (nSPS) is 17.8. The maximum Gasteiger partial charge on any atom is 0.416 e. The van der Waals surface area contributed by atoms with E-state index in [4.69, 9.17) is 14.5 Å². The summed E-state index contributed by atoms with van der Waals surface area (Å²) in [5, 5.41) is 0. The molecule has 0 saturated carbocycles. The Morgan fingerprint density at radius 1 is 1.08 bits per heavy atom. The number of aliphatic imine (C=N–C) groups is 1. The Morgan fingerprint density at radius 3 is 2.49 bits per heavy atom. The quantitative estimate of drug-likeness (QED) is 0.375. The van der Waals surface area contributed by atoms with Crippen LogP contribution in [-0.4, -0.2) is 54.3 Å². The number of nitrogens with zero attached hydrogens (tertiary/aromatic N) is 3. The molecule has 3 aromatic carbocycles. The maximum absolute atomic E-state index is 13.6. The van der Waals surface area contributed by atoms with Crippen LogP contribution in [0.4, 0.5) is 18.9 Å². The van der Waals surface area contributed by atoms with Gasteiger partial charge in [0, 0.05) is 25.7 Å². The van der Waals surface area contributed by atoms with Gasteiger partial charge in [0.2, 0.25) is 5.91 Å². The molecule has 0 radical (unpaired) electrons. The third kappa shape index (κ3) is 5.30. The van der Waals surface area contributed by atoms with Crippen LogP contribution in [0.25, 0.3) is 0 Å². The van der Waals surface area contributed by atoms with E-state index in [0.717, 1.165) is 17.7 Å². The molecule has 5 rings (SSSR count). The number of rotatable bonds is 4. The second kappa shape index (κ2) is 10.6. The minimum absolute atomic E-state index is 0.0734. The van der Waals surface area contributed by atoms with E-state index in [1.807, 2.05) is 54.0 Å². The highest BCUT2D eigenvalue weighted by molar-refractivity contribution is 6.04. The van der Waals surface area contributed by atoms with Crippen LogP contribution < -0.4 is 9.47 Å². The van der Waals surface area contributed by atoms with Crippen molar-refractivity contribution in [2.24, 2.45) is 4.99 Å². The Hall–Kier alpha value is -4.01. The average molecular weight is 538 g/mol. The molecule has 2 atom stereocenters. The molecular weight excluding hydrogens is 507 g/mol. The molecule has 2 aliphatic rings. The molecule has 0 bridgehead atoms. The first-order valence-corrected chi connectivity index (χ1v) is 13.0. The molecule has 1 fully saturated rings. The Balaban J connectivity index is 1.48. The van der Waals surface area contributed by atoms with Crippen LogP contribution in [0.1, 0.15) is 42.9 Å². The lowest BCUT2D eigenvalue weighted by atomic mass is 9.94. The molecule has 0 N–H and O–H groups in total. The topological polar surface area (TPSA) is 54.4 Å². The number of halogens is 3. The van der Waals surface area contributed by atoms with Crippen molar-refractivity contribution in [3.8, 4) is 17.2 Å². The van der Waals surface area contributed by atoms with E-state index in [1.54, 1.807) is 25.3 Å². The predicted molar refractivity (Wildman–Crippen MR) is 143 cm³/mol. The molecule has 39 heavy (non-hydrogen) atoms. The molecule has 6 nitrogen and oxygen atoms in total. The Labute approximate surface area is 225 Å². The van der Waals surface area contributed by atoms with Crippen LogP contribution in [0.3, 0.4) is 0 Å². The molecule has 9 heteroatoms.